The van der Waals surface area contributed by atoms with E-state index in [1.165, 1.54) is 4.90 Å². The maximum absolute atomic E-state index is 12.8. The molecule has 5 rings (SSSR count). The number of benzene rings is 3. The number of hydrogen-bond acceptors (Lipinski definition) is 4. The third-order valence-electron chi connectivity index (χ3n) is 6.16. The summed E-state index contributed by atoms with van der Waals surface area (Å²) in [5, 5.41) is 13.6. The molecule has 0 radical (unpaired) electrons. The van der Waals surface area contributed by atoms with Crippen LogP contribution in [0.2, 0.25) is 5.02 Å². The molecule has 0 atom stereocenters. The summed E-state index contributed by atoms with van der Waals surface area (Å²) in [6.45, 7) is 3.16. The molecule has 8 heteroatoms. The number of halogens is 1. The van der Waals surface area contributed by atoms with E-state index in [1.807, 2.05) is 42.5 Å². The highest BCUT2D eigenvalue weighted by Gasteiger charge is 2.20. The standard InChI is InChI=1S/C27H24ClN3O4/c28-21-5-3-4-20(15-21)26(32)29-23-7-2-1-6-22(23)25-16-19-9-8-18(14-24(19)35-25)17-30-10-12-31(13-11-30)27(33)34/h1-9,14-16H,10-13,17H2,(H,29,32)(H,33,34). The summed E-state index contributed by atoms with van der Waals surface area (Å²) in [6.07, 6.45) is -0.863. The Morgan fingerprint density at radius 2 is 1.74 bits per heavy atom. The largest absolute Gasteiger partial charge is 0.465 e. The molecule has 1 fully saturated rings. The molecule has 2 N–H and O–H groups in total. The van der Waals surface area contributed by atoms with Gasteiger partial charge in [0.25, 0.3) is 5.91 Å². The number of piperazine rings is 1. The molecular formula is C27H24ClN3O4. The lowest BCUT2D eigenvalue weighted by Crippen LogP contribution is -2.47. The minimum absolute atomic E-state index is 0.249. The van der Waals surface area contributed by atoms with Gasteiger partial charge in [-0.1, -0.05) is 41.9 Å². The average molecular weight is 490 g/mol. The summed E-state index contributed by atoms with van der Waals surface area (Å²) in [5.41, 5.74) is 3.77. The first-order chi connectivity index (χ1) is 17.0. The van der Waals surface area contributed by atoms with E-state index in [1.54, 1.807) is 24.3 Å². The van der Waals surface area contributed by atoms with Gasteiger partial charge in [0.2, 0.25) is 0 Å². The van der Waals surface area contributed by atoms with E-state index in [9.17, 15) is 9.59 Å². The number of amides is 2. The molecule has 0 aliphatic carbocycles. The van der Waals surface area contributed by atoms with E-state index >= 15 is 0 Å². The number of fused-ring (bicyclic) bond motifs is 1. The van der Waals surface area contributed by atoms with Crippen LogP contribution in [0.25, 0.3) is 22.3 Å². The smallest absolute Gasteiger partial charge is 0.407 e. The molecule has 178 valence electrons. The van der Waals surface area contributed by atoms with Crippen LogP contribution in [0.4, 0.5) is 10.5 Å². The second-order valence-electron chi connectivity index (χ2n) is 8.54. The fourth-order valence-electron chi connectivity index (χ4n) is 4.29. The number of rotatable bonds is 5. The van der Waals surface area contributed by atoms with E-state index in [0.717, 1.165) is 28.6 Å². The van der Waals surface area contributed by atoms with Crippen LogP contribution in [-0.4, -0.2) is 53.1 Å². The number of carbonyl (C=O) groups is 2. The van der Waals surface area contributed by atoms with Crippen molar-refractivity contribution in [2.24, 2.45) is 0 Å². The molecule has 2 heterocycles. The predicted octanol–water partition coefficient (Wildman–Crippen LogP) is 5.80. The van der Waals surface area contributed by atoms with Gasteiger partial charge in [-0.05, 0) is 48.0 Å². The Labute approximate surface area is 207 Å². The molecule has 35 heavy (non-hydrogen) atoms. The molecule has 3 aromatic carbocycles. The monoisotopic (exact) mass is 489 g/mol. The van der Waals surface area contributed by atoms with Crippen molar-refractivity contribution in [3.05, 3.63) is 88.9 Å². The third kappa shape index (κ3) is 5.16. The third-order valence-corrected chi connectivity index (χ3v) is 6.40. The molecule has 0 bridgehead atoms. The lowest BCUT2D eigenvalue weighted by atomic mass is 10.1. The van der Waals surface area contributed by atoms with Crippen molar-refractivity contribution in [3.8, 4) is 11.3 Å². The van der Waals surface area contributed by atoms with E-state index in [4.69, 9.17) is 21.1 Å². The normalized spacial score (nSPS) is 14.3. The summed E-state index contributed by atoms with van der Waals surface area (Å²) in [4.78, 5) is 27.6. The highest BCUT2D eigenvalue weighted by atomic mass is 35.5. The highest BCUT2D eigenvalue weighted by molar-refractivity contribution is 6.31. The zero-order valence-electron chi connectivity index (χ0n) is 18.9. The van der Waals surface area contributed by atoms with Crippen LogP contribution in [0.3, 0.4) is 0 Å². The number of para-hydroxylation sites is 1. The molecule has 0 saturated carbocycles. The summed E-state index contributed by atoms with van der Waals surface area (Å²) in [6, 6.07) is 22.4. The van der Waals surface area contributed by atoms with Gasteiger partial charge >= 0.3 is 6.09 Å². The van der Waals surface area contributed by atoms with Crippen molar-refractivity contribution in [2.45, 2.75) is 6.54 Å². The van der Waals surface area contributed by atoms with Gasteiger partial charge in [-0.15, -0.1) is 0 Å². The SMILES string of the molecule is O=C(Nc1ccccc1-c1cc2ccc(CN3CCN(C(=O)O)CC3)cc2o1)c1cccc(Cl)c1. The van der Waals surface area contributed by atoms with Crippen molar-refractivity contribution in [3.63, 3.8) is 0 Å². The molecule has 1 aliphatic rings. The van der Waals surface area contributed by atoms with Gasteiger partial charge in [0, 0.05) is 54.3 Å². The van der Waals surface area contributed by atoms with Crippen molar-refractivity contribution >= 4 is 40.3 Å². The lowest BCUT2D eigenvalue weighted by Gasteiger charge is -2.33. The van der Waals surface area contributed by atoms with Crippen LogP contribution in [0.5, 0.6) is 0 Å². The van der Waals surface area contributed by atoms with Gasteiger partial charge < -0.3 is 19.7 Å². The van der Waals surface area contributed by atoms with Gasteiger partial charge in [0.1, 0.15) is 11.3 Å². The predicted molar refractivity (Wildman–Crippen MR) is 136 cm³/mol. The zero-order valence-corrected chi connectivity index (χ0v) is 19.7. The second kappa shape index (κ2) is 9.82. The maximum atomic E-state index is 12.8. The molecule has 0 spiro atoms. The number of nitrogens with zero attached hydrogens (tertiary/aromatic N) is 2. The Kier molecular flexibility index (Phi) is 6.44. The highest BCUT2D eigenvalue weighted by Crippen LogP contribution is 2.33. The van der Waals surface area contributed by atoms with Gasteiger partial charge in [0.15, 0.2) is 0 Å². The van der Waals surface area contributed by atoms with E-state index in [-0.39, 0.29) is 5.91 Å². The minimum Gasteiger partial charge on any atom is -0.465 e. The molecule has 1 saturated heterocycles. The average Bonchev–Trinajstić information content (AvgIpc) is 3.28. The summed E-state index contributed by atoms with van der Waals surface area (Å²) < 4.78 is 6.20. The Morgan fingerprint density at radius 3 is 2.51 bits per heavy atom. The number of carboxylic acid groups (broad SMARTS) is 1. The van der Waals surface area contributed by atoms with Crippen LogP contribution in [0.15, 0.2) is 77.2 Å². The van der Waals surface area contributed by atoms with Gasteiger partial charge in [-0.2, -0.15) is 0 Å². The Morgan fingerprint density at radius 1 is 0.943 bits per heavy atom. The van der Waals surface area contributed by atoms with Crippen molar-refractivity contribution < 1.29 is 19.1 Å². The number of furan rings is 1. The quantitative estimate of drug-likeness (QED) is 0.370. The first-order valence-corrected chi connectivity index (χ1v) is 11.7. The maximum Gasteiger partial charge on any atom is 0.407 e. The summed E-state index contributed by atoms with van der Waals surface area (Å²) in [7, 11) is 0. The zero-order chi connectivity index (χ0) is 24.4. The number of nitrogens with one attached hydrogen (secondary N) is 1. The topological polar surface area (TPSA) is 86.0 Å². The van der Waals surface area contributed by atoms with Crippen LogP contribution in [0, 0.1) is 0 Å². The first kappa shape index (κ1) is 23.0. The molecule has 0 unspecified atom stereocenters. The van der Waals surface area contributed by atoms with Crippen molar-refractivity contribution in [1.82, 2.24) is 9.80 Å². The van der Waals surface area contributed by atoms with Crippen LogP contribution in [0.1, 0.15) is 15.9 Å². The van der Waals surface area contributed by atoms with Crippen molar-refractivity contribution in [2.75, 3.05) is 31.5 Å². The van der Waals surface area contributed by atoms with E-state index < -0.39 is 6.09 Å². The van der Waals surface area contributed by atoms with E-state index in [0.29, 0.717) is 48.2 Å². The molecular weight excluding hydrogens is 466 g/mol. The van der Waals surface area contributed by atoms with Crippen LogP contribution < -0.4 is 5.32 Å². The van der Waals surface area contributed by atoms with Gasteiger partial charge in [-0.25, -0.2) is 4.79 Å². The number of carbonyl (C=O) groups excluding carboxylic acids is 1. The van der Waals surface area contributed by atoms with Crippen molar-refractivity contribution in [1.29, 1.82) is 0 Å². The lowest BCUT2D eigenvalue weighted by molar-refractivity contribution is 0.102. The molecule has 7 nitrogen and oxygen atoms in total. The van der Waals surface area contributed by atoms with E-state index in [2.05, 4.69) is 16.3 Å². The summed E-state index contributed by atoms with van der Waals surface area (Å²) in [5.74, 6) is 0.413. The number of anilines is 1. The molecule has 2 amide bonds. The molecule has 4 aromatic rings. The van der Waals surface area contributed by atoms with Gasteiger partial charge in [0.05, 0.1) is 5.69 Å². The Bertz CT molecular complexity index is 1390. The molecule has 1 aromatic heterocycles. The van der Waals surface area contributed by atoms with Gasteiger partial charge in [-0.3, -0.25) is 9.69 Å². The minimum atomic E-state index is -0.863. The Hall–Kier alpha value is -3.81. The van der Waals surface area contributed by atoms with Crippen LogP contribution >= 0.6 is 11.6 Å². The number of hydrogen-bond donors (Lipinski definition) is 2. The van der Waals surface area contributed by atoms with Crippen LogP contribution in [-0.2, 0) is 6.54 Å². The second-order valence-corrected chi connectivity index (χ2v) is 8.98. The Balaban J connectivity index is 1.34. The fourth-order valence-corrected chi connectivity index (χ4v) is 4.48. The first-order valence-electron chi connectivity index (χ1n) is 11.4. The fraction of sp³-hybridized carbons (Fsp3) is 0.185. The summed E-state index contributed by atoms with van der Waals surface area (Å²) >= 11 is 6.03. The molecule has 1 aliphatic heterocycles.